The van der Waals surface area contributed by atoms with E-state index in [9.17, 15) is 14.4 Å². The third kappa shape index (κ3) is 4.59. The number of rotatable bonds is 6. The Hall–Kier alpha value is -2.48. The topological polar surface area (TPSA) is 98.5 Å². The summed E-state index contributed by atoms with van der Waals surface area (Å²) in [7, 11) is 0. The van der Waals surface area contributed by atoms with Gasteiger partial charge in [0.15, 0.2) is 11.5 Å². The van der Waals surface area contributed by atoms with Crippen molar-refractivity contribution in [3.05, 3.63) is 33.0 Å². The number of ether oxygens (including phenoxy) is 1. The van der Waals surface area contributed by atoms with Gasteiger partial charge in [-0.25, -0.2) is 4.79 Å². The Bertz CT molecular complexity index is 1010. The van der Waals surface area contributed by atoms with Gasteiger partial charge in [0.2, 0.25) is 0 Å². The molecule has 0 bridgehead atoms. The predicted octanol–water partition coefficient (Wildman–Crippen LogP) is 5.22. The molecule has 0 saturated carbocycles. The van der Waals surface area contributed by atoms with Gasteiger partial charge in [0.1, 0.15) is 10.8 Å². The quantitative estimate of drug-likeness (QED) is 0.483. The number of carbonyl (C=O) groups excluding carboxylic acids is 3. The van der Waals surface area contributed by atoms with Crippen molar-refractivity contribution in [1.29, 1.82) is 0 Å². The van der Waals surface area contributed by atoms with Crippen LogP contribution in [0.25, 0.3) is 0 Å². The Morgan fingerprint density at radius 3 is 2.58 bits per heavy atom. The van der Waals surface area contributed by atoms with E-state index in [0.29, 0.717) is 27.8 Å². The maximum absolute atomic E-state index is 13.1. The first kappa shape index (κ1) is 23.2. The van der Waals surface area contributed by atoms with Crippen LogP contribution in [-0.2, 0) is 17.6 Å². The van der Waals surface area contributed by atoms with E-state index in [1.54, 1.807) is 20.8 Å². The van der Waals surface area contributed by atoms with Gasteiger partial charge in [-0.15, -0.1) is 11.3 Å². The van der Waals surface area contributed by atoms with Gasteiger partial charge in [-0.2, -0.15) is 0 Å². The van der Waals surface area contributed by atoms with E-state index >= 15 is 0 Å². The van der Waals surface area contributed by atoms with Crippen molar-refractivity contribution in [2.24, 2.45) is 11.3 Å². The van der Waals surface area contributed by atoms with Gasteiger partial charge in [-0.05, 0) is 43.6 Å². The molecule has 0 fully saturated rings. The molecule has 0 radical (unpaired) electrons. The van der Waals surface area contributed by atoms with Gasteiger partial charge in [-0.3, -0.25) is 9.59 Å². The third-order valence-corrected chi connectivity index (χ3v) is 7.16. The van der Waals surface area contributed by atoms with Crippen molar-refractivity contribution < 1.29 is 23.6 Å². The lowest BCUT2D eigenvalue weighted by molar-refractivity contribution is 0.0527. The number of Topliss-reactive ketones (excluding diaryl/α,β-unsaturated/α-hetero) is 1. The summed E-state index contributed by atoms with van der Waals surface area (Å²) in [4.78, 5) is 38.5. The summed E-state index contributed by atoms with van der Waals surface area (Å²) < 4.78 is 10.6. The minimum absolute atomic E-state index is 0.0830. The second kappa shape index (κ2) is 8.94. The molecule has 0 aromatic carbocycles. The number of ketones is 1. The van der Waals surface area contributed by atoms with Crippen LogP contribution in [0.3, 0.4) is 0 Å². The van der Waals surface area contributed by atoms with Crippen molar-refractivity contribution in [1.82, 2.24) is 5.16 Å². The highest BCUT2D eigenvalue weighted by Crippen LogP contribution is 2.39. The maximum atomic E-state index is 13.1. The van der Waals surface area contributed by atoms with Gasteiger partial charge in [-0.1, -0.05) is 32.9 Å². The Morgan fingerprint density at radius 2 is 1.97 bits per heavy atom. The molecule has 0 saturated heterocycles. The molecule has 3 rings (SSSR count). The first-order valence-corrected chi connectivity index (χ1v) is 11.5. The predicted molar refractivity (Wildman–Crippen MR) is 119 cm³/mol. The summed E-state index contributed by atoms with van der Waals surface area (Å²) in [6, 6.07) is 0. The zero-order valence-corrected chi connectivity index (χ0v) is 19.8. The smallest absolute Gasteiger partial charge is 0.341 e. The minimum atomic E-state index is -0.559. The Labute approximate surface area is 186 Å². The number of esters is 1. The molecule has 0 unspecified atom stereocenters. The second-order valence-electron chi connectivity index (χ2n) is 8.95. The molecule has 2 aromatic rings. The fraction of sp³-hybridized carbons (Fsp3) is 0.565. The molecule has 0 aliphatic heterocycles. The summed E-state index contributed by atoms with van der Waals surface area (Å²) in [5.74, 6) is 0.0817. The van der Waals surface area contributed by atoms with E-state index in [1.165, 1.54) is 0 Å². The summed E-state index contributed by atoms with van der Waals surface area (Å²) in [5, 5.41) is 7.14. The molecule has 1 amide bonds. The zero-order valence-electron chi connectivity index (χ0n) is 19.0. The number of fused-ring (bicyclic) bond motifs is 1. The number of hydrogen-bond donors (Lipinski definition) is 1. The summed E-state index contributed by atoms with van der Waals surface area (Å²) >= 11 is 1.10. The molecule has 1 aliphatic rings. The highest BCUT2D eigenvalue weighted by atomic mass is 32.1. The fourth-order valence-electron chi connectivity index (χ4n) is 3.96. The van der Waals surface area contributed by atoms with Crippen LogP contribution in [0, 0.1) is 18.3 Å². The number of hydrogen-bond acceptors (Lipinski definition) is 7. The van der Waals surface area contributed by atoms with E-state index < -0.39 is 11.9 Å². The average molecular weight is 447 g/mol. The van der Waals surface area contributed by atoms with E-state index in [-0.39, 0.29) is 29.1 Å². The third-order valence-electron chi connectivity index (χ3n) is 5.91. The molecular formula is C23H30N2O5S. The lowest BCUT2D eigenvalue weighted by atomic mass is 9.71. The molecule has 168 valence electrons. The first-order chi connectivity index (χ1) is 14.6. The molecule has 2 heterocycles. The molecular weight excluding hydrogens is 416 g/mol. The lowest BCUT2D eigenvalue weighted by Gasteiger charge is -2.33. The SMILES string of the molecule is CCOC(=O)c1c(NC(=O)c2noc3c2C[C@H](C(C)(C)C)CC3)sc(C(=O)CC)c1C. The van der Waals surface area contributed by atoms with E-state index in [0.717, 1.165) is 41.9 Å². The number of nitrogens with zero attached hydrogens (tertiary/aromatic N) is 1. The van der Waals surface area contributed by atoms with Crippen LogP contribution >= 0.6 is 11.3 Å². The number of aryl methyl sites for hydroxylation is 1. The molecule has 8 heteroatoms. The van der Waals surface area contributed by atoms with Crippen molar-refractivity contribution in [3.63, 3.8) is 0 Å². The van der Waals surface area contributed by atoms with Gasteiger partial charge in [0.05, 0.1) is 17.0 Å². The number of amides is 1. The molecule has 0 spiro atoms. The second-order valence-corrected chi connectivity index (χ2v) is 9.97. The summed E-state index contributed by atoms with van der Waals surface area (Å²) in [5.41, 5.74) is 1.94. The van der Waals surface area contributed by atoms with Crippen LogP contribution in [-0.4, -0.2) is 29.4 Å². The van der Waals surface area contributed by atoms with Crippen LogP contribution in [0.2, 0.25) is 0 Å². The first-order valence-electron chi connectivity index (χ1n) is 10.7. The van der Waals surface area contributed by atoms with Crippen molar-refractivity contribution in [2.45, 2.75) is 67.2 Å². The molecule has 31 heavy (non-hydrogen) atoms. The number of aromatic nitrogens is 1. The minimum Gasteiger partial charge on any atom is -0.462 e. The van der Waals surface area contributed by atoms with Crippen LogP contribution in [0.1, 0.15) is 94.9 Å². The van der Waals surface area contributed by atoms with Crippen LogP contribution in [0.15, 0.2) is 4.52 Å². The van der Waals surface area contributed by atoms with Crippen LogP contribution < -0.4 is 5.32 Å². The van der Waals surface area contributed by atoms with E-state index in [1.807, 2.05) is 0 Å². The molecule has 7 nitrogen and oxygen atoms in total. The normalized spacial score (nSPS) is 16.0. The molecule has 1 aliphatic carbocycles. The van der Waals surface area contributed by atoms with Gasteiger partial charge < -0.3 is 14.6 Å². The number of anilines is 1. The highest BCUT2D eigenvalue weighted by Gasteiger charge is 2.35. The monoisotopic (exact) mass is 446 g/mol. The number of nitrogens with one attached hydrogen (secondary N) is 1. The van der Waals surface area contributed by atoms with Crippen molar-refractivity contribution >= 4 is 34.0 Å². The fourth-order valence-corrected chi connectivity index (χ4v) is 5.16. The van der Waals surface area contributed by atoms with Crippen molar-refractivity contribution in [2.75, 3.05) is 11.9 Å². The van der Waals surface area contributed by atoms with E-state index in [4.69, 9.17) is 9.26 Å². The molecule has 2 aromatic heterocycles. The van der Waals surface area contributed by atoms with Crippen LogP contribution in [0.5, 0.6) is 0 Å². The number of thiophene rings is 1. The largest absolute Gasteiger partial charge is 0.462 e. The Balaban J connectivity index is 1.94. The summed E-state index contributed by atoms with van der Waals surface area (Å²) in [6.07, 6.45) is 2.77. The highest BCUT2D eigenvalue weighted by molar-refractivity contribution is 7.18. The van der Waals surface area contributed by atoms with Gasteiger partial charge >= 0.3 is 5.97 Å². The maximum Gasteiger partial charge on any atom is 0.341 e. The van der Waals surface area contributed by atoms with Crippen LogP contribution in [0.4, 0.5) is 5.00 Å². The lowest BCUT2D eigenvalue weighted by Crippen LogP contribution is -2.27. The van der Waals surface area contributed by atoms with Gasteiger partial charge in [0, 0.05) is 18.4 Å². The van der Waals surface area contributed by atoms with Crippen molar-refractivity contribution in [3.8, 4) is 0 Å². The van der Waals surface area contributed by atoms with Gasteiger partial charge in [0.25, 0.3) is 5.91 Å². The number of carbonyl (C=O) groups is 3. The standard InChI is InChI=1S/C23H30N2O5S/c1-7-15(26)19-12(3)17(22(28)29-8-2)21(31-19)24-20(27)18-14-11-13(23(4,5)6)9-10-16(14)30-25-18/h13H,7-11H2,1-6H3,(H,24,27)/t13-/m1/s1. The Morgan fingerprint density at radius 1 is 1.26 bits per heavy atom. The molecule has 1 N–H and O–H groups in total. The summed E-state index contributed by atoms with van der Waals surface area (Å²) in [6.45, 7) is 12.0. The average Bonchev–Trinajstić information content (AvgIpc) is 3.27. The van der Waals surface area contributed by atoms with E-state index in [2.05, 4.69) is 31.2 Å². The Kier molecular flexibility index (Phi) is 6.69. The molecule has 1 atom stereocenters. The zero-order chi connectivity index (χ0) is 22.9.